The van der Waals surface area contributed by atoms with Crippen molar-refractivity contribution in [1.29, 1.82) is 0 Å². The summed E-state index contributed by atoms with van der Waals surface area (Å²) in [5.74, 6) is -9.58. The highest BCUT2D eigenvalue weighted by Crippen LogP contribution is 2.29. The van der Waals surface area contributed by atoms with Crippen LogP contribution in [0.1, 0.15) is 179 Å². The Kier molecular flexibility index (Phi) is 41.7. The number of aliphatic hydroxyl groups is 6. The molecule has 0 fully saturated rings. The van der Waals surface area contributed by atoms with Gasteiger partial charge in [-0.3, -0.25) is 28.8 Å². The van der Waals surface area contributed by atoms with Gasteiger partial charge in [0, 0.05) is 56.8 Å². The lowest BCUT2D eigenvalue weighted by molar-refractivity contribution is -0.164. The molecule has 0 aromatic rings. The molecule has 0 spiro atoms. The molecule has 3 heterocycles. The van der Waals surface area contributed by atoms with Crippen molar-refractivity contribution in [2.24, 2.45) is 53.3 Å². The molecule has 0 aliphatic carbocycles. The Morgan fingerprint density at radius 1 is 0.448 bits per heavy atom. The molecule has 0 radical (unpaired) electrons. The Morgan fingerprint density at radius 2 is 0.771 bits per heavy atom. The van der Waals surface area contributed by atoms with E-state index in [9.17, 15) is 73.8 Å². The third kappa shape index (κ3) is 31.6. The first-order valence-corrected chi connectivity index (χ1v) is 33.6. The fourth-order valence-corrected chi connectivity index (χ4v) is 11.7. The predicted molar refractivity (Wildman–Crippen MR) is 356 cm³/mol. The van der Waals surface area contributed by atoms with Crippen molar-refractivity contribution in [2.45, 2.75) is 253 Å². The van der Waals surface area contributed by atoms with Gasteiger partial charge in [-0.2, -0.15) is 0 Å². The molecule has 0 amide bonds. The molecular formula is C72H114O24. The minimum Gasteiger partial charge on any atom is -0.481 e. The van der Waals surface area contributed by atoms with Crippen LogP contribution < -0.4 is 0 Å². The molecule has 0 aromatic heterocycles. The molecular weight excluding hydrogens is 1250 g/mol. The standard InChI is InChI=1S/C25H40O8.C24H38O8.C23H36O8/c1-14-8-7-9-15(2)24(33-25(31)23(30)19(26)11-10-14)17(4)12-16(3)22(29)18(5)20(32-6)13-21(27)28;1-14-8-6-7-9-19(32-24(30)23(29)18(25)11-10-14)15(2)12-16(3)22(28)17(4)20(31-5)13-21(26)27;1-14(12-15(2)21(27)16(3)19(30-4)13-20(25)26)18-11-9-7-5-6-8-10-17(24)22(28)23(29)31-18/h10-12,14-16,18-20,23-24,26,30H,7-9,13H2,1-6H3,(H,27,28);10-12,14,16-20,23,25,29H,6-9,13H2,1-5H3,(H,26,27);8,10,12,15-19,22,24,28H,5-7,9,11,13H2,1-4H3,(H,25,26)/b11-10+,17-12+;11-10+,15-12+;10-8+,14-12+/t14-,15+,16-,18-,19-,20-,23-,24+;14-,16-,17-,18-,19+,20-,23-;15-,16-,17-,18+,19-,22-/m111/s1. The van der Waals surface area contributed by atoms with Crippen molar-refractivity contribution >= 4 is 53.2 Å². The zero-order chi connectivity index (χ0) is 73.3. The van der Waals surface area contributed by atoms with Crippen molar-refractivity contribution in [3.05, 3.63) is 71.4 Å². The number of aliphatic hydroxyl groups excluding tert-OH is 6. The number of ketones is 3. The lowest BCUT2D eigenvalue weighted by Gasteiger charge is -2.28. The maximum Gasteiger partial charge on any atom is 0.338 e. The fraction of sp³-hybridized carbons (Fsp3) is 0.708. The smallest absolute Gasteiger partial charge is 0.338 e. The van der Waals surface area contributed by atoms with E-state index in [-0.39, 0.29) is 54.4 Å². The number of carbonyl (C=O) groups is 9. The van der Waals surface area contributed by atoms with E-state index in [1.54, 1.807) is 98.8 Å². The van der Waals surface area contributed by atoms with Crippen LogP contribution in [0.3, 0.4) is 0 Å². The van der Waals surface area contributed by atoms with Gasteiger partial charge in [0.05, 0.1) is 37.6 Å². The average Bonchev–Trinajstić information content (AvgIpc) is 0.907. The third-order valence-corrected chi connectivity index (χ3v) is 18.0. The molecule has 21 atom stereocenters. The number of rotatable bonds is 24. The Morgan fingerprint density at radius 3 is 1.14 bits per heavy atom. The van der Waals surface area contributed by atoms with Gasteiger partial charge >= 0.3 is 35.8 Å². The summed E-state index contributed by atoms with van der Waals surface area (Å²) >= 11 is 0. The number of ether oxygens (including phenoxy) is 6. The monoisotopic (exact) mass is 1360 g/mol. The molecule has 9 N–H and O–H groups in total. The summed E-state index contributed by atoms with van der Waals surface area (Å²) in [6, 6.07) is 0. The van der Waals surface area contributed by atoms with Crippen LogP contribution in [0, 0.1) is 53.3 Å². The maximum absolute atomic E-state index is 12.9. The largest absolute Gasteiger partial charge is 0.481 e. The summed E-state index contributed by atoms with van der Waals surface area (Å²) in [6.45, 7) is 21.3. The number of carbonyl (C=O) groups excluding carboxylic acids is 6. The normalized spacial score (nSPS) is 29.6. The van der Waals surface area contributed by atoms with Gasteiger partial charge in [-0.05, 0) is 113 Å². The number of carboxylic acid groups (broad SMARTS) is 3. The molecule has 24 heteroatoms. The van der Waals surface area contributed by atoms with Crippen molar-refractivity contribution in [3.63, 3.8) is 0 Å². The summed E-state index contributed by atoms with van der Waals surface area (Å²) in [7, 11) is 4.14. The molecule has 0 unspecified atom stereocenters. The molecule has 3 aliphatic heterocycles. The Balaban J connectivity index is 0.000000720. The lowest BCUT2D eigenvalue weighted by atomic mass is 9.86. The first kappa shape index (κ1) is 87.9. The molecule has 0 saturated heterocycles. The molecule has 96 heavy (non-hydrogen) atoms. The highest BCUT2D eigenvalue weighted by molar-refractivity contribution is 5.87. The van der Waals surface area contributed by atoms with Crippen LogP contribution in [0.2, 0.25) is 0 Å². The van der Waals surface area contributed by atoms with E-state index < -0.39 is 145 Å². The zero-order valence-electron chi connectivity index (χ0n) is 59.1. The Labute approximate surface area is 567 Å². The number of hydrogen-bond acceptors (Lipinski definition) is 21. The number of methoxy groups -OCH3 is 3. The van der Waals surface area contributed by atoms with Crippen LogP contribution in [0.5, 0.6) is 0 Å². The molecule has 0 saturated carbocycles. The van der Waals surface area contributed by atoms with Gasteiger partial charge in [-0.15, -0.1) is 0 Å². The predicted octanol–water partition coefficient (Wildman–Crippen LogP) is 7.99. The summed E-state index contributed by atoms with van der Waals surface area (Å²) in [5, 5.41) is 87.5. The molecule has 0 aromatic carbocycles. The van der Waals surface area contributed by atoms with Crippen LogP contribution in [0.15, 0.2) is 71.4 Å². The highest BCUT2D eigenvalue weighted by atomic mass is 16.6. The number of Topliss-reactive ketones (excluding diaryl/α,β-unsaturated/α-hetero) is 3. The minimum absolute atomic E-state index is 0.0661. The Bertz CT molecular complexity index is 2660. The third-order valence-electron chi connectivity index (χ3n) is 18.0. The SMILES string of the molecule is CO[C@H](CC(=O)O)[C@@H](C)C(=O)[C@H](C)/C=C(\C)[C@@H]1CCCCC/C=C/[C@@H](O)[C@@H](O)C(=O)O1.CO[C@H](CC(=O)O)[C@@H](C)C(=O)[C@H](C)/C=C(\C)[C@@H]1CCCC[C@@H](C)/C=C/[C@@H](O)[C@@H](O)C(=O)O1.CO[C@H](CC(=O)O)[C@@H](C)C(=O)[C@H](C)/C=C(\C)[C@H]1OC(=O)[C@H](O)[C@H](O)/C=C/[C@H](C)CCC[C@@H]1C. The van der Waals surface area contributed by atoms with E-state index in [1.807, 2.05) is 20.8 Å². The molecule has 546 valence electrons. The van der Waals surface area contributed by atoms with E-state index >= 15 is 0 Å². The summed E-state index contributed by atoms with van der Waals surface area (Å²) < 4.78 is 32.1. The maximum atomic E-state index is 12.9. The van der Waals surface area contributed by atoms with Gasteiger partial charge in [0.2, 0.25) is 0 Å². The molecule has 3 aliphatic rings. The first-order chi connectivity index (χ1) is 44.9. The van der Waals surface area contributed by atoms with E-state index in [0.717, 1.165) is 64.2 Å². The van der Waals surface area contributed by atoms with Gasteiger partial charge in [0.1, 0.15) is 54.0 Å². The van der Waals surface area contributed by atoms with Crippen molar-refractivity contribution in [2.75, 3.05) is 21.3 Å². The highest BCUT2D eigenvalue weighted by Gasteiger charge is 2.36. The van der Waals surface area contributed by atoms with Crippen LogP contribution in [0.4, 0.5) is 0 Å². The van der Waals surface area contributed by atoms with Crippen molar-refractivity contribution in [1.82, 2.24) is 0 Å². The molecule has 3 rings (SSSR count). The van der Waals surface area contributed by atoms with Crippen LogP contribution in [-0.2, 0) is 71.6 Å². The minimum atomic E-state index is -1.70. The van der Waals surface area contributed by atoms with Gasteiger partial charge < -0.3 is 74.4 Å². The second-order valence-electron chi connectivity index (χ2n) is 26.3. The number of esters is 3. The second-order valence-corrected chi connectivity index (χ2v) is 26.3. The average molecular weight is 1360 g/mol. The number of carboxylic acids is 3. The van der Waals surface area contributed by atoms with Crippen LogP contribution in [-0.4, -0.2) is 194 Å². The number of cyclic esters (lactones) is 3. The number of hydrogen-bond donors (Lipinski definition) is 9. The van der Waals surface area contributed by atoms with Gasteiger partial charge in [0.25, 0.3) is 0 Å². The van der Waals surface area contributed by atoms with E-state index in [2.05, 4.69) is 0 Å². The first-order valence-electron chi connectivity index (χ1n) is 33.6. The second kappa shape index (κ2) is 45.5. The molecule has 0 bridgehead atoms. The number of allylic oxidation sites excluding steroid dienone is 6. The molecule has 24 nitrogen and oxygen atoms in total. The van der Waals surface area contributed by atoms with Gasteiger partial charge in [-0.25, -0.2) is 14.4 Å². The van der Waals surface area contributed by atoms with Crippen LogP contribution in [0.25, 0.3) is 0 Å². The van der Waals surface area contributed by atoms with E-state index in [0.29, 0.717) is 29.6 Å². The zero-order valence-corrected chi connectivity index (χ0v) is 59.1. The summed E-state index contributed by atoms with van der Waals surface area (Å²) in [4.78, 5) is 109. The van der Waals surface area contributed by atoms with Crippen LogP contribution >= 0.6 is 0 Å². The fourth-order valence-electron chi connectivity index (χ4n) is 11.7. The van der Waals surface area contributed by atoms with Gasteiger partial charge in [0.15, 0.2) is 18.3 Å². The Hall–Kier alpha value is -6.09. The van der Waals surface area contributed by atoms with Crippen molar-refractivity contribution in [3.8, 4) is 0 Å². The van der Waals surface area contributed by atoms with E-state index in [4.69, 9.17) is 43.7 Å². The summed E-state index contributed by atoms with van der Waals surface area (Å²) in [6.07, 6.45) is 10.3. The number of aliphatic carboxylic acids is 3. The van der Waals surface area contributed by atoms with Gasteiger partial charge in [-0.1, -0.05) is 136 Å². The lowest BCUT2D eigenvalue weighted by Crippen LogP contribution is -2.39. The topological polar surface area (TPSA) is 391 Å². The summed E-state index contributed by atoms with van der Waals surface area (Å²) in [5.41, 5.74) is 2.00. The quantitative estimate of drug-likeness (QED) is 0.0251. The van der Waals surface area contributed by atoms with Crippen molar-refractivity contribution < 1.29 is 118 Å². The van der Waals surface area contributed by atoms with E-state index in [1.165, 1.54) is 39.6 Å².